The van der Waals surface area contributed by atoms with Crippen molar-refractivity contribution in [2.24, 2.45) is 0 Å². The van der Waals surface area contributed by atoms with E-state index < -0.39 is 0 Å². The number of carbonyl (C=O) groups is 1. The molecule has 8 heteroatoms. The van der Waals surface area contributed by atoms with Gasteiger partial charge in [0.05, 0.1) is 23.2 Å². The second-order valence-corrected chi connectivity index (χ2v) is 6.68. The van der Waals surface area contributed by atoms with Crippen molar-refractivity contribution in [2.45, 2.75) is 26.4 Å². The maximum absolute atomic E-state index is 12.4. The van der Waals surface area contributed by atoms with Gasteiger partial charge in [0, 0.05) is 39.1 Å². The highest BCUT2D eigenvalue weighted by atomic mass is 35.5. The molecule has 1 aromatic carbocycles. The molecule has 2 aromatic rings. The van der Waals surface area contributed by atoms with Gasteiger partial charge in [-0.05, 0) is 24.1 Å². The molecule has 0 aliphatic heterocycles. The number of methoxy groups -OCH3 is 1. The van der Waals surface area contributed by atoms with Crippen LogP contribution in [-0.4, -0.2) is 47.3 Å². The van der Waals surface area contributed by atoms with E-state index in [9.17, 15) is 4.79 Å². The quantitative estimate of drug-likeness (QED) is 0.698. The molecule has 6 nitrogen and oxygen atoms in total. The van der Waals surface area contributed by atoms with E-state index in [1.54, 1.807) is 24.3 Å². The number of amides is 2. The van der Waals surface area contributed by atoms with Crippen molar-refractivity contribution in [1.82, 2.24) is 19.8 Å². The lowest BCUT2D eigenvalue weighted by atomic mass is 10.2. The topological polar surface area (TPSA) is 59.4 Å². The minimum absolute atomic E-state index is 0.118. The fourth-order valence-corrected chi connectivity index (χ4v) is 2.76. The molecule has 0 unspecified atom stereocenters. The Morgan fingerprint density at radius 2 is 2.15 bits per heavy atom. The lowest BCUT2D eigenvalue weighted by molar-refractivity contribution is 0.145. The number of hydrogen-bond acceptors (Lipinski definition) is 3. The summed E-state index contributed by atoms with van der Waals surface area (Å²) in [5.41, 5.74) is 1.01. The average Bonchev–Trinajstić information content (AvgIpc) is 3.06. The van der Waals surface area contributed by atoms with Crippen LogP contribution in [0.2, 0.25) is 10.0 Å². The third kappa shape index (κ3) is 5.90. The van der Waals surface area contributed by atoms with Gasteiger partial charge in [-0.1, -0.05) is 36.2 Å². The van der Waals surface area contributed by atoms with Crippen molar-refractivity contribution in [2.75, 3.05) is 26.8 Å². The predicted molar refractivity (Wildman–Crippen MR) is 104 cm³/mol. The normalized spacial score (nSPS) is 10.8. The molecular weight excluding hydrogens is 375 g/mol. The highest BCUT2D eigenvalue weighted by Crippen LogP contribution is 2.23. The Kier molecular flexibility index (Phi) is 8.22. The molecule has 0 aliphatic rings. The lowest BCUT2D eigenvalue weighted by Crippen LogP contribution is -2.42. The molecule has 1 N–H and O–H groups in total. The van der Waals surface area contributed by atoms with E-state index in [1.165, 1.54) is 0 Å². The molecule has 1 heterocycles. The van der Waals surface area contributed by atoms with Crippen LogP contribution in [-0.2, 0) is 17.8 Å². The number of halogens is 2. The molecule has 0 atom stereocenters. The first-order chi connectivity index (χ1) is 12.5. The average molecular weight is 399 g/mol. The molecule has 26 heavy (non-hydrogen) atoms. The van der Waals surface area contributed by atoms with Gasteiger partial charge in [-0.3, -0.25) is 0 Å². The summed E-state index contributed by atoms with van der Waals surface area (Å²) in [6.07, 6.45) is 4.50. The van der Waals surface area contributed by atoms with E-state index in [2.05, 4.69) is 10.3 Å². The van der Waals surface area contributed by atoms with Crippen LogP contribution in [0.4, 0.5) is 4.79 Å². The molecule has 0 radical (unpaired) electrons. The van der Waals surface area contributed by atoms with E-state index >= 15 is 0 Å². The summed E-state index contributed by atoms with van der Waals surface area (Å²) >= 11 is 12.1. The van der Waals surface area contributed by atoms with Gasteiger partial charge in [0.15, 0.2) is 0 Å². The maximum Gasteiger partial charge on any atom is 0.317 e. The first-order valence-electron chi connectivity index (χ1n) is 8.50. The van der Waals surface area contributed by atoms with E-state index in [1.807, 2.05) is 29.8 Å². The third-order valence-corrected chi connectivity index (χ3v) is 4.59. The SMILES string of the molecule is CCCNC(=O)N(CCOC)Cc1nccn1Cc1ccc(Cl)c(Cl)c1. The molecule has 0 spiro atoms. The number of ether oxygens (including phenoxy) is 1. The number of aromatic nitrogens is 2. The Morgan fingerprint density at radius 1 is 1.35 bits per heavy atom. The Hall–Kier alpha value is -1.76. The van der Waals surface area contributed by atoms with Crippen LogP contribution in [0.25, 0.3) is 0 Å². The van der Waals surface area contributed by atoms with E-state index in [0.29, 0.717) is 42.8 Å². The summed E-state index contributed by atoms with van der Waals surface area (Å²) < 4.78 is 7.11. The molecule has 1 aromatic heterocycles. The van der Waals surface area contributed by atoms with Crippen LogP contribution in [0, 0.1) is 0 Å². The highest BCUT2D eigenvalue weighted by molar-refractivity contribution is 6.42. The number of imidazole rings is 1. The number of urea groups is 1. The first kappa shape index (κ1) is 20.6. The molecule has 0 aliphatic carbocycles. The van der Waals surface area contributed by atoms with Gasteiger partial charge < -0.3 is 19.5 Å². The number of rotatable bonds is 9. The molecule has 0 fully saturated rings. The van der Waals surface area contributed by atoms with E-state index in [0.717, 1.165) is 17.8 Å². The molecule has 0 saturated carbocycles. The third-order valence-electron chi connectivity index (χ3n) is 3.85. The van der Waals surface area contributed by atoms with Crippen molar-refractivity contribution < 1.29 is 9.53 Å². The zero-order valence-corrected chi connectivity index (χ0v) is 16.6. The monoisotopic (exact) mass is 398 g/mol. The van der Waals surface area contributed by atoms with Crippen molar-refractivity contribution in [3.63, 3.8) is 0 Å². The van der Waals surface area contributed by atoms with Crippen molar-refractivity contribution in [3.05, 3.63) is 52.0 Å². The summed E-state index contributed by atoms with van der Waals surface area (Å²) in [5, 5.41) is 3.95. The Bertz CT molecular complexity index is 721. The van der Waals surface area contributed by atoms with Crippen molar-refractivity contribution in [1.29, 1.82) is 0 Å². The summed E-state index contributed by atoms with van der Waals surface area (Å²) in [7, 11) is 1.62. The van der Waals surface area contributed by atoms with Gasteiger partial charge in [-0.25, -0.2) is 9.78 Å². The van der Waals surface area contributed by atoms with Crippen LogP contribution in [0.5, 0.6) is 0 Å². The van der Waals surface area contributed by atoms with Crippen LogP contribution in [0.3, 0.4) is 0 Å². The van der Waals surface area contributed by atoms with E-state index in [-0.39, 0.29) is 6.03 Å². The van der Waals surface area contributed by atoms with Crippen LogP contribution in [0.15, 0.2) is 30.6 Å². The van der Waals surface area contributed by atoms with Crippen LogP contribution < -0.4 is 5.32 Å². The summed E-state index contributed by atoms with van der Waals surface area (Å²) in [4.78, 5) is 18.5. The fourth-order valence-electron chi connectivity index (χ4n) is 2.44. The zero-order valence-electron chi connectivity index (χ0n) is 15.0. The fraction of sp³-hybridized carbons (Fsp3) is 0.444. The van der Waals surface area contributed by atoms with Crippen LogP contribution in [0.1, 0.15) is 24.7 Å². The maximum atomic E-state index is 12.4. The van der Waals surface area contributed by atoms with Crippen molar-refractivity contribution in [3.8, 4) is 0 Å². The number of carbonyl (C=O) groups excluding carboxylic acids is 1. The second-order valence-electron chi connectivity index (χ2n) is 5.87. The molecule has 0 bridgehead atoms. The molecule has 2 rings (SSSR count). The van der Waals surface area contributed by atoms with Gasteiger partial charge in [0.1, 0.15) is 5.82 Å². The molecule has 142 valence electrons. The summed E-state index contributed by atoms with van der Waals surface area (Å²) in [5.74, 6) is 0.791. The van der Waals surface area contributed by atoms with Crippen LogP contribution >= 0.6 is 23.2 Å². The van der Waals surface area contributed by atoms with Gasteiger partial charge in [0.25, 0.3) is 0 Å². The standard InChI is InChI=1S/C18H24Cl2N4O2/c1-3-6-22-18(25)24(9-10-26-2)13-17-21-7-8-23(17)12-14-4-5-15(19)16(20)11-14/h4-5,7-8,11H,3,6,9-10,12-13H2,1-2H3,(H,22,25). The van der Waals surface area contributed by atoms with Gasteiger partial charge >= 0.3 is 6.03 Å². The van der Waals surface area contributed by atoms with Crippen molar-refractivity contribution >= 4 is 29.2 Å². The lowest BCUT2D eigenvalue weighted by Gasteiger charge is -2.23. The minimum Gasteiger partial charge on any atom is -0.383 e. The minimum atomic E-state index is -0.118. The predicted octanol–water partition coefficient (Wildman–Crippen LogP) is 3.81. The van der Waals surface area contributed by atoms with Gasteiger partial charge in [-0.15, -0.1) is 0 Å². The zero-order chi connectivity index (χ0) is 18.9. The highest BCUT2D eigenvalue weighted by Gasteiger charge is 2.16. The van der Waals surface area contributed by atoms with Gasteiger partial charge in [0.2, 0.25) is 0 Å². The largest absolute Gasteiger partial charge is 0.383 e. The van der Waals surface area contributed by atoms with E-state index in [4.69, 9.17) is 27.9 Å². The van der Waals surface area contributed by atoms with Gasteiger partial charge in [-0.2, -0.15) is 0 Å². The Labute approximate surface area is 164 Å². The molecule has 2 amide bonds. The number of benzene rings is 1. The smallest absolute Gasteiger partial charge is 0.317 e. The molecule has 0 saturated heterocycles. The molecular formula is C18H24Cl2N4O2. The number of nitrogens with one attached hydrogen (secondary N) is 1. The Balaban J connectivity index is 2.10. The number of hydrogen-bond donors (Lipinski definition) is 1. The summed E-state index contributed by atoms with van der Waals surface area (Å²) in [6.45, 7) is 4.61. The number of nitrogens with zero attached hydrogens (tertiary/aromatic N) is 3. The summed E-state index contributed by atoms with van der Waals surface area (Å²) in [6, 6.07) is 5.42. The first-order valence-corrected chi connectivity index (χ1v) is 9.26. The second kappa shape index (κ2) is 10.4. The Morgan fingerprint density at radius 3 is 2.85 bits per heavy atom.